The molecule has 0 atom stereocenters. The summed E-state index contributed by atoms with van der Waals surface area (Å²) in [4.78, 5) is 3.26. The summed E-state index contributed by atoms with van der Waals surface area (Å²) in [5.41, 5.74) is 6.11. The van der Waals surface area contributed by atoms with Crippen molar-refractivity contribution in [2.75, 3.05) is 19.6 Å². The molecule has 0 unspecified atom stereocenters. The first-order valence-electron chi connectivity index (χ1n) is 5.90. The van der Waals surface area contributed by atoms with Crippen LogP contribution < -0.4 is 5.73 Å². The molecule has 0 saturated carbocycles. The Labute approximate surface area is 99.2 Å². The molecule has 15 heavy (non-hydrogen) atoms. The Morgan fingerprint density at radius 3 is 2.27 bits per heavy atom. The van der Waals surface area contributed by atoms with Gasteiger partial charge in [-0.3, -0.25) is 0 Å². The molecule has 0 aliphatic carbocycles. The molecule has 0 spiro atoms. The van der Waals surface area contributed by atoms with E-state index in [1.165, 1.54) is 13.0 Å². The van der Waals surface area contributed by atoms with Gasteiger partial charge in [0.2, 0.25) is 0 Å². The number of piperidine rings is 1. The molecule has 1 aliphatic heterocycles. The number of nitrogens with two attached hydrogens (primary N) is 1. The van der Waals surface area contributed by atoms with Gasteiger partial charge < -0.3 is 10.6 Å². The molecule has 0 aromatic carbocycles. The average molecular weight is 228 g/mol. The summed E-state index contributed by atoms with van der Waals surface area (Å²) in [6.45, 7) is 10.4. The Balaban J connectivity index is 2.23. The predicted octanol–water partition coefficient (Wildman–Crippen LogP) is 2.42. The smallest absolute Gasteiger partial charge is 0.0759 e. The first-order chi connectivity index (χ1) is 6.88. The Kier molecular flexibility index (Phi) is 4.53. The lowest BCUT2D eigenvalue weighted by atomic mass is 9.91. The van der Waals surface area contributed by atoms with E-state index in [0.717, 1.165) is 25.9 Å². The van der Waals surface area contributed by atoms with Gasteiger partial charge in [0.05, 0.1) is 4.99 Å². The maximum atomic E-state index is 5.67. The lowest BCUT2D eigenvalue weighted by Gasteiger charge is -2.33. The minimum atomic E-state index is 0.444. The van der Waals surface area contributed by atoms with Gasteiger partial charge in [0.15, 0.2) is 0 Å². The molecule has 1 aliphatic rings. The summed E-state index contributed by atoms with van der Waals surface area (Å²) in [5, 5.41) is 0. The number of nitrogens with zero attached hydrogens (tertiary/aromatic N) is 1. The monoisotopic (exact) mass is 228 g/mol. The van der Waals surface area contributed by atoms with Gasteiger partial charge in [0, 0.05) is 5.92 Å². The highest BCUT2D eigenvalue weighted by atomic mass is 32.1. The lowest BCUT2D eigenvalue weighted by Crippen LogP contribution is -2.39. The van der Waals surface area contributed by atoms with Crippen LogP contribution in [0.25, 0.3) is 0 Å². The van der Waals surface area contributed by atoms with Crippen LogP contribution >= 0.6 is 12.2 Å². The van der Waals surface area contributed by atoms with E-state index in [-0.39, 0.29) is 0 Å². The topological polar surface area (TPSA) is 29.3 Å². The SMILES string of the molecule is CC(C)(C)CCN1CCC(C(N)=S)CC1. The summed E-state index contributed by atoms with van der Waals surface area (Å²) in [6, 6.07) is 0. The van der Waals surface area contributed by atoms with Crippen molar-refractivity contribution in [1.29, 1.82) is 0 Å². The van der Waals surface area contributed by atoms with E-state index >= 15 is 0 Å². The average Bonchev–Trinajstić information content (AvgIpc) is 2.14. The van der Waals surface area contributed by atoms with Crippen molar-refractivity contribution in [2.45, 2.75) is 40.0 Å². The molecule has 88 valence electrons. The van der Waals surface area contributed by atoms with E-state index in [4.69, 9.17) is 18.0 Å². The van der Waals surface area contributed by atoms with Crippen molar-refractivity contribution < 1.29 is 0 Å². The number of rotatable bonds is 3. The third-order valence-corrected chi connectivity index (χ3v) is 3.50. The maximum Gasteiger partial charge on any atom is 0.0759 e. The van der Waals surface area contributed by atoms with Crippen molar-refractivity contribution in [3.05, 3.63) is 0 Å². The Morgan fingerprint density at radius 1 is 1.33 bits per heavy atom. The molecule has 3 heteroatoms. The molecule has 0 aromatic heterocycles. The lowest BCUT2D eigenvalue weighted by molar-refractivity contribution is 0.183. The fourth-order valence-corrected chi connectivity index (χ4v) is 2.17. The van der Waals surface area contributed by atoms with Crippen LogP contribution in [0.1, 0.15) is 40.0 Å². The maximum absolute atomic E-state index is 5.67. The van der Waals surface area contributed by atoms with Crippen LogP contribution in [0.15, 0.2) is 0 Å². The van der Waals surface area contributed by atoms with Crippen LogP contribution in [0, 0.1) is 11.3 Å². The third kappa shape index (κ3) is 4.94. The molecular weight excluding hydrogens is 204 g/mol. The van der Waals surface area contributed by atoms with Crippen molar-refractivity contribution in [3.8, 4) is 0 Å². The highest BCUT2D eigenvalue weighted by Gasteiger charge is 2.21. The minimum absolute atomic E-state index is 0.444. The second kappa shape index (κ2) is 5.26. The fourth-order valence-electron chi connectivity index (χ4n) is 1.93. The molecule has 1 fully saturated rings. The van der Waals surface area contributed by atoms with E-state index in [1.54, 1.807) is 0 Å². The van der Waals surface area contributed by atoms with Gasteiger partial charge in [-0.25, -0.2) is 0 Å². The van der Waals surface area contributed by atoms with Crippen LogP contribution in [0.5, 0.6) is 0 Å². The first-order valence-corrected chi connectivity index (χ1v) is 6.31. The molecule has 2 N–H and O–H groups in total. The molecule has 1 saturated heterocycles. The van der Waals surface area contributed by atoms with Crippen molar-refractivity contribution in [3.63, 3.8) is 0 Å². The molecule has 0 radical (unpaired) electrons. The van der Waals surface area contributed by atoms with Crippen molar-refractivity contribution in [1.82, 2.24) is 4.90 Å². The van der Waals surface area contributed by atoms with Crippen LogP contribution in [0.2, 0.25) is 0 Å². The third-order valence-electron chi connectivity index (χ3n) is 3.17. The standard InChI is InChI=1S/C12H24N2S/c1-12(2,3)6-9-14-7-4-10(5-8-14)11(13)15/h10H,4-9H2,1-3H3,(H2,13,15). The van der Waals surface area contributed by atoms with Gasteiger partial charge in [0.1, 0.15) is 0 Å². The molecule has 1 heterocycles. The van der Waals surface area contributed by atoms with Crippen molar-refractivity contribution in [2.24, 2.45) is 17.1 Å². The Bertz CT molecular complexity index is 212. The molecular formula is C12H24N2S. The number of thiocarbonyl (C=S) groups is 1. The van der Waals surface area contributed by atoms with Crippen molar-refractivity contribution >= 4 is 17.2 Å². The van der Waals surface area contributed by atoms with E-state index in [1.807, 2.05) is 0 Å². The molecule has 0 aromatic rings. The highest BCUT2D eigenvalue weighted by molar-refractivity contribution is 7.80. The first kappa shape index (κ1) is 12.9. The summed E-state index contributed by atoms with van der Waals surface area (Å²) < 4.78 is 0. The highest BCUT2D eigenvalue weighted by Crippen LogP contribution is 2.22. The zero-order valence-corrected chi connectivity index (χ0v) is 11.1. The Morgan fingerprint density at radius 2 is 1.87 bits per heavy atom. The van der Waals surface area contributed by atoms with Gasteiger partial charge in [-0.15, -0.1) is 0 Å². The van der Waals surface area contributed by atoms with E-state index in [0.29, 0.717) is 16.3 Å². The molecule has 1 rings (SSSR count). The predicted molar refractivity (Wildman–Crippen MR) is 70.0 cm³/mol. The zero-order valence-electron chi connectivity index (χ0n) is 10.3. The minimum Gasteiger partial charge on any atom is -0.393 e. The summed E-state index contributed by atoms with van der Waals surface area (Å²) in [5.74, 6) is 0.492. The van der Waals surface area contributed by atoms with Gasteiger partial charge in [-0.1, -0.05) is 33.0 Å². The fraction of sp³-hybridized carbons (Fsp3) is 0.917. The summed E-state index contributed by atoms with van der Waals surface area (Å²) >= 11 is 5.04. The molecule has 0 amide bonds. The second-order valence-corrected chi connectivity index (χ2v) is 6.30. The second-order valence-electron chi connectivity index (χ2n) is 5.83. The van der Waals surface area contributed by atoms with Crippen LogP contribution in [0.4, 0.5) is 0 Å². The van der Waals surface area contributed by atoms with E-state index < -0.39 is 0 Å². The normalized spacial score (nSPS) is 20.5. The van der Waals surface area contributed by atoms with E-state index in [2.05, 4.69) is 25.7 Å². The van der Waals surface area contributed by atoms with Gasteiger partial charge in [-0.2, -0.15) is 0 Å². The molecule has 2 nitrogen and oxygen atoms in total. The number of hydrogen-bond acceptors (Lipinski definition) is 2. The van der Waals surface area contributed by atoms with Gasteiger partial charge in [0.25, 0.3) is 0 Å². The number of hydrogen-bond donors (Lipinski definition) is 1. The largest absolute Gasteiger partial charge is 0.393 e. The van der Waals surface area contributed by atoms with Gasteiger partial charge >= 0.3 is 0 Å². The van der Waals surface area contributed by atoms with Crippen LogP contribution in [0.3, 0.4) is 0 Å². The summed E-state index contributed by atoms with van der Waals surface area (Å²) in [6.07, 6.45) is 3.57. The van der Waals surface area contributed by atoms with Crippen LogP contribution in [-0.4, -0.2) is 29.5 Å². The Hall–Kier alpha value is -0.150. The van der Waals surface area contributed by atoms with E-state index in [9.17, 15) is 0 Å². The van der Waals surface area contributed by atoms with Gasteiger partial charge in [-0.05, 0) is 44.3 Å². The quantitative estimate of drug-likeness (QED) is 0.752. The number of likely N-dealkylation sites (tertiary alicyclic amines) is 1. The van der Waals surface area contributed by atoms with Crippen LogP contribution in [-0.2, 0) is 0 Å². The summed E-state index contributed by atoms with van der Waals surface area (Å²) in [7, 11) is 0. The molecule has 0 bridgehead atoms. The zero-order chi connectivity index (χ0) is 11.5.